The van der Waals surface area contributed by atoms with E-state index in [9.17, 15) is 13.2 Å². The summed E-state index contributed by atoms with van der Waals surface area (Å²) in [6.07, 6.45) is 1.75. The number of fused-ring (bicyclic) bond motifs is 3. The summed E-state index contributed by atoms with van der Waals surface area (Å²) >= 11 is 3.30. The highest BCUT2D eigenvalue weighted by Gasteiger charge is 2.22. The molecule has 0 N–H and O–H groups in total. The van der Waals surface area contributed by atoms with Gasteiger partial charge in [-0.05, 0) is 77.6 Å². The number of para-hydroxylation sites is 2. The van der Waals surface area contributed by atoms with Gasteiger partial charge in [0.2, 0.25) is 0 Å². The van der Waals surface area contributed by atoms with Crippen molar-refractivity contribution in [3.05, 3.63) is 90.7 Å². The maximum atomic E-state index is 13.1. The van der Waals surface area contributed by atoms with E-state index in [1.54, 1.807) is 47.7 Å². The lowest BCUT2D eigenvalue weighted by Crippen LogP contribution is -2.22. The summed E-state index contributed by atoms with van der Waals surface area (Å²) in [7, 11) is -4.04. The van der Waals surface area contributed by atoms with Gasteiger partial charge in [-0.1, -0.05) is 41.7 Å². The minimum absolute atomic E-state index is 0.0500. The fourth-order valence-electron chi connectivity index (χ4n) is 3.52. The Bertz CT molecular complexity index is 1750. The van der Waals surface area contributed by atoms with E-state index in [1.165, 1.54) is 23.5 Å². The fourth-order valence-corrected chi connectivity index (χ4v) is 6.37. The molecule has 0 spiro atoms. The lowest BCUT2D eigenvalue weighted by atomic mass is 10.2. The number of hydrogen-bond donors (Lipinski definition) is 0. The van der Waals surface area contributed by atoms with Gasteiger partial charge in [-0.2, -0.15) is 8.42 Å². The summed E-state index contributed by atoms with van der Waals surface area (Å²) in [5.74, 6) is 0.386. The lowest BCUT2D eigenvalue weighted by molar-refractivity contribution is 0.327. The standard InChI is InChI=1S/C24H17IN2O5S2/c1-2-31-20-13-15(12-17(25)22(20)32-34(29,30)16-8-4-3-5-9-16)14-21-23(28)27-19-11-7-6-10-18(19)26-24(27)33-21/h3-14H,2H2,1H3/b21-14-. The molecule has 0 aliphatic heterocycles. The maximum absolute atomic E-state index is 13.1. The van der Waals surface area contributed by atoms with Crippen LogP contribution in [0.15, 0.2) is 76.4 Å². The first-order valence-corrected chi connectivity index (χ1v) is 13.6. The van der Waals surface area contributed by atoms with Crippen LogP contribution in [-0.4, -0.2) is 24.4 Å². The Morgan fingerprint density at radius 2 is 1.82 bits per heavy atom. The van der Waals surface area contributed by atoms with Crippen LogP contribution in [0.2, 0.25) is 0 Å². The Hall–Kier alpha value is -2.96. The molecule has 5 aromatic rings. The summed E-state index contributed by atoms with van der Waals surface area (Å²) in [5.41, 5.74) is 2.06. The Morgan fingerprint density at radius 1 is 1.09 bits per heavy atom. The minimum atomic E-state index is -4.04. The summed E-state index contributed by atoms with van der Waals surface area (Å²) in [6.45, 7) is 2.11. The van der Waals surface area contributed by atoms with Crippen LogP contribution in [-0.2, 0) is 10.1 Å². The van der Waals surface area contributed by atoms with Crippen LogP contribution in [0.4, 0.5) is 0 Å². The number of ether oxygens (including phenoxy) is 1. The Morgan fingerprint density at radius 3 is 2.59 bits per heavy atom. The highest BCUT2D eigenvalue weighted by molar-refractivity contribution is 14.1. The number of thiazole rings is 1. The molecule has 0 unspecified atom stereocenters. The van der Waals surface area contributed by atoms with Crippen molar-refractivity contribution in [2.24, 2.45) is 0 Å². The second kappa shape index (κ2) is 9.01. The molecule has 2 aromatic heterocycles. The van der Waals surface area contributed by atoms with Gasteiger partial charge in [0, 0.05) is 0 Å². The van der Waals surface area contributed by atoms with E-state index in [0.717, 1.165) is 11.0 Å². The van der Waals surface area contributed by atoms with Gasteiger partial charge in [0.25, 0.3) is 5.56 Å². The second-order valence-corrected chi connectivity index (χ2v) is 11.0. The molecule has 5 rings (SSSR count). The molecule has 0 aliphatic carbocycles. The molecule has 0 bridgehead atoms. The Kier molecular flexibility index (Phi) is 6.04. The van der Waals surface area contributed by atoms with E-state index >= 15 is 0 Å². The van der Waals surface area contributed by atoms with Gasteiger partial charge in [0.1, 0.15) is 4.90 Å². The summed E-state index contributed by atoms with van der Waals surface area (Å²) in [6, 6.07) is 18.8. The lowest BCUT2D eigenvalue weighted by Gasteiger charge is -2.14. The third-order valence-corrected chi connectivity index (χ3v) is 8.01. The average Bonchev–Trinajstić information content (AvgIpc) is 3.33. The largest absolute Gasteiger partial charge is 0.490 e. The van der Waals surface area contributed by atoms with E-state index in [2.05, 4.69) is 4.98 Å². The van der Waals surface area contributed by atoms with Crippen molar-refractivity contribution < 1.29 is 17.3 Å². The normalized spacial score (nSPS) is 12.5. The van der Waals surface area contributed by atoms with Crippen LogP contribution in [0, 0.1) is 3.57 Å². The first kappa shape index (κ1) is 22.8. The summed E-state index contributed by atoms with van der Waals surface area (Å²) in [5, 5.41) is 0. The van der Waals surface area contributed by atoms with Gasteiger partial charge in [0.05, 0.1) is 25.7 Å². The molecule has 3 aromatic carbocycles. The highest BCUT2D eigenvalue weighted by Crippen LogP contribution is 2.36. The molecule has 0 radical (unpaired) electrons. The average molecular weight is 604 g/mol. The van der Waals surface area contributed by atoms with E-state index in [4.69, 9.17) is 8.92 Å². The van der Waals surface area contributed by atoms with Gasteiger partial charge in [0.15, 0.2) is 16.5 Å². The highest BCUT2D eigenvalue weighted by atomic mass is 127. The van der Waals surface area contributed by atoms with Crippen LogP contribution in [0.3, 0.4) is 0 Å². The quantitative estimate of drug-likeness (QED) is 0.213. The fraction of sp³-hybridized carbons (Fsp3) is 0.0833. The van der Waals surface area contributed by atoms with Crippen molar-refractivity contribution in [3.8, 4) is 11.5 Å². The monoisotopic (exact) mass is 604 g/mol. The van der Waals surface area contributed by atoms with Crippen LogP contribution < -0.4 is 19.0 Å². The molecule has 34 heavy (non-hydrogen) atoms. The predicted molar refractivity (Wildman–Crippen MR) is 140 cm³/mol. The third-order valence-electron chi connectivity index (χ3n) is 5.00. The molecule has 0 atom stereocenters. The van der Waals surface area contributed by atoms with Crippen LogP contribution in [0.5, 0.6) is 11.5 Å². The molecular weight excluding hydrogens is 587 g/mol. The molecule has 0 amide bonds. The Balaban J connectivity index is 1.59. The van der Waals surface area contributed by atoms with E-state index < -0.39 is 10.1 Å². The molecule has 10 heteroatoms. The number of imidazole rings is 1. The van der Waals surface area contributed by atoms with Crippen molar-refractivity contribution in [1.82, 2.24) is 9.38 Å². The van der Waals surface area contributed by atoms with Crippen LogP contribution >= 0.6 is 33.9 Å². The third kappa shape index (κ3) is 4.17. The van der Waals surface area contributed by atoms with Crippen molar-refractivity contribution in [2.45, 2.75) is 11.8 Å². The molecule has 0 aliphatic rings. The van der Waals surface area contributed by atoms with E-state index in [0.29, 0.717) is 25.2 Å². The number of halogens is 1. The first-order valence-electron chi connectivity index (χ1n) is 10.2. The molecule has 2 heterocycles. The van der Waals surface area contributed by atoms with Gasteiger partial charge in [-0.3, -0.25) is 4.79 Å². The van der Waals surface area contributed by atoms with Gasteiger partial charge < -0.3 is 8.92 Å². The van der Waals surface area contributed by atoms with E-state index in [1.807, 2.05) is 46.9 Å². The van der Waals surface area contributed by atoms with E-state index in [-0.39, 0.29) is 22.0 Å². The van der Waals surface area contributed by atoms with Crippen LogP contribution in [0.1, 0.15) is 12.5 Å². The molecule has 0 saturated carbocycles. The molecule has 0 fully saturated rings. The second-order valence-electron chi connectivity index (χ2n) is 7.25. The zero-order valence-corrected chi connectivity index (χ0v) is 21.6. The van der Waals surface area contributed by atoms with Gasteiger partial charge in [-0.25, -0.2) is 9.38 Å². The molecule has 7 nitrogen and oxygen atoms in total. The van der Waals surface area contributed by atoms with Crippen molar-refractivity contribution in [1.29, 1.82) is 0 Å². The molecular formula is C24H17IN2O5S2. The number of hydrogen-bond acceptors (Lipinski definition) is 7. The zero-order chi connectivity index (χ0) is 23.9. The molecule has 0 saturated heterocycles. The number of nitrogens with zero attached hydrogens (tertiary/aromatic N) is 2. The number of aromatic nitrogens is 2. The zero-order valence-electron chi connectivity index (χ0n) is 17.8. The van der Waals surface area contributed by atoms with Crippen molar-refractivity contribution >= 4 is 66.1 Å². The minimum Gasteiger partial charge on any atom is -0.490 e. The summed E-state index contributed by atoms with van der Waals surface area (Å²) < 4.78 is 39.4. The molecule has 172 valence electrons. The SMILES string of the molecule is CCOc1cc(/C=c2\sc3nc4ccccc4n3c2=O)cc(I)c1OS(=O)(=O)c1ccccc1. The number of rotatable bonds is 6. The number of benzene rings is 3. The topological polar surface area (TPSA) is 87.0 Å². The van der Waals surface area contributed by atoms with Gasteiger partial charge >= 0.3 is 10.1 Å². The smallest absolute Gasteiger partial charge is 0.339 e. The van der Waals surface area contributed by atoms with Crippen molar-refractivity contribution in [2.75, 3.05) is 6.61 Å². The Labute approximate surface area is 212 Å². The van der Waals surface area contributed by atoms with Crippen molar-refractivity contribution in [3.63, 3.8) is 0 Å². The van der Waals surface area contributed by atoms with Gasteiger partial charge in [-0.15, -0.1) is 0 Å². The predicted octanol–water partition coefficient (Wildman–Crippen LogP) is 4.23. The first-order chi connectivity index (χ1) is 16.4. The van der Waals surface area contributed by atoms with Crippen LogP contribution in [0.25, 0.3) is 22.1 Å². The maximum Gasteiger partial charge on any atom is 0.339 e. The summed E-state index contributed by atoms with van der Waals surface area (Å²) in [4.78, 5) is 18.3.